The highest BCUT2D eigenvalue weighted by Gasteiger charge is 2.31. The molecular weight excluding hydrogens is 444 g/mol. The van der Waals surface area contributed by atoms with E-state index < -0.39 is 30.1 Å². The van der Waals surface area contributed by atoms with Crippen LogP contribution in [-0.2, 0) is 14.3 Å². The Hall–Kier alpha value is -3.35. The summed E-state index contributed by atoms with van der Waals surface area (Å²) in [4.78, 5) is 37.2. The SMILES string of the molecule is CC[C@@H](NC(=O)OCC1c2ccccc2-c2ccccc21)C(=O)NC(CC1CCCCC1)C(=O)O. The first-order valence-corrected chi connectivity index (χ1v) is 12.6. The van der Waals surface area contributed by atoms with E-state index in [4.69, 9.17) is 4.74 Å². The quantitative estimate of drug-likeness (QED) is 0.478. The number of hydrogen-bond acceptors (Lipinski definition) is 4. The second-order valence-electron chi connectivity index (χ2n) is 9.57. The number of rotatable bonds is 9. The van der Waals surface area contributed by atoms with Crippen molar-refractivity contribution in [2.75, 3.05) is 6.61 Å². The van der Waals surface area contributed by atoms with Gasteiger partial charge in [-0.25, -0.2) is 9.59 Å². The number of amides is 2. The van der Waals surface area contributed by atoms with Gasteiger partial charge in [-0.15, -0.1) is 0 Å². The molecule has 0 bridgehead atoms. The van der Waals surface area contributed by atoms with Gasteiger partial charge in [-0.05, 0) is 41.0 Å². The summed E-state index contributed by atoms with van der Waals surface area (Å²) < 4.78 is 5.55. The second kappa shape index (κ2) is 11.4. The molecule has 0 spiro atoms. The van der Waals surface area contributed by atoms with E-state index in [2.05, 4.69) is 22.8 Å². The van der Waals surface area contributed by atoms with Crippen LogP contribution in [0, 0.1) is 5.92 Å². The summed E-state index contributed by atoms with van der Waals surface area (Å²) in [6, 6.07) is 14.3. The lowest BCUT2D eigenvalue weighted by Gasteiger charge is -2.26. The Morgan fingerprint density at radius 2 is 1.51 bits per heavy atom. The first kappa shape index (κ1) is 24.8. The summed E-state index contributed by atoms with van der Waals surface area (Å²) in [5, 5.41) is 14.9. The fourth-order valence-electron chi connectivity index (χ4n) is 5.39. The Morgan fingerprint density at radius 1 is 0.914 bits per heavy atom. The Balaban J connectivity index is 1.33. The van der Waals surface area contributed by atoms with Crippen LogP contribution in [0.25, 0.3) is 11.1 Å². The number of alkyl carbamates (subject to hydrolysis) is 1. The van der Waals surface area contributed by atoms with Gasteiger partial charge in [0.15, 0.2) is 0 Å². The van der Waals surface area contributed by atoms with Crippen molar-refractivity contribution in [2.24, 2.45) is 5.92 Å². The molecule has 2 atom stereocenters. The number of carbonyl (C=O) groups excluding carboxylic acids is 2. The normalized spacial score (nSPS) is 17.1. The Morgan fingerprint density at radius 3 is 2.09 bits per heavy atom. The van der Waals surface area contributed by atoms with Crippen LogP contribution in [0.15, 0.2) is 48.5 Å². The van der Waals surface area contributed by atoms with Gasteiger partial charge in [-0.1, -0.05) is 87.6 Å². The van der Waals surface area contributed by atoms with Crippen LogP contribution in [0.3, 0.4) is 0 Å². The lowest BCUT2D eigenvalue weighted by molar-refractivity contribution is -0.142. The number of carbonyl (C=O) groups is 3. The second-order valence-corrected chi connectivity index (χ2v) is 9.57. The molecule has 0 aromatic heterocycles. The fraction of sp³-hybridized carbons (Fsp3) is 0.464. The van der Waals surface area contributed by atoms with Gasteiger partial charge >= 0.3 is 12.1 Å². The number of hydrogen-bond donors (Lipinski definition) is 3. The van der Waals surface area contributed by atoms with Crippen LogP contribution >= 0.6 is 0 Å². The summed E-state index contributed by atoms with van der Waals surface area (Å²) in [7, 11) is 0. The monoisotopic (exact) mass is 478 g/mol. The Labute approximate surface area is 206 Å². The molecule has 1 unspecified atom stereocenters. The van der Waals surface area contributed by atoms with Crippen LogP contribution in [0.1, 0.15) is 68.9 Å². The molecule has 2 aromatic rings. The number of fused-ring (bicyclic) bond motifs is 3. The molecule has 7 nitrogen and oxygen atoms in total. The van der Waals surface area contributed by atoms with Gasteiger partial charge in [-0.3, -0.25) is 4.79 Å². The van der Waals surface area contributed by atoms with Crippen molar-refractivity contribution in [3.05, 3.63) is 59.7 Å². The molecule has 2 aromatic carbocycles. The molecule has 4 rings (SSSR count). The summed E-state index contributed by atoms with van der Waals surface area (Å²) in [5.74, 6) is -1.31. The molecule has 2 aliphatic rings. The van der Waals surface area contributed by atoms with E-state index in [0.717, 1.165) is 47.9 Å². The standard InChI is InChI=1S/C28H34N2O5/c1-2-24(26(31)29-25(27(32)33)16-18-10-4-3-5-11-18)30-28(34)35-17-23-21-14-8-6-12-19(21)20-13-7-9-15-22(20)23/h6-9,12-15,18,23-25H,2-5,10-11,16-17H2,1H3,(H,29,31)(H,30,34)(H,32,33)/t24-,25?/m1/s1. The molecule has 186 valence electrons. The molecule has 7 heteroatoms. The van der Waals surface area contributed by atoms with Gasteiger partial charge in [0.05, 0.1) is 0 Å². The van der Waals surface area contributed by atoms with Crippen LogP contribution in [-0.4, -0.2) is 41.8 Å². The van der Waals surface area contributed by atoms with E-state index in [1.165, 1.54) is 6.42 Å². The average Bonchev–Trinajstić information content (AvgIpc) is 3.19. The lowest BCUT2D eigenvalue weighted by Crippen LogP contribution is -2.52. The smallest absolute Gasteiger partial charge is 0.407 e. The van der Waals surface area contributed by atoms with E-state index in [9.17, 15) is 19.5 Å². The minimum atomic E-state index is -1.04. The molecule has 1 fully saturated rings. The Kier molecular flexibility index (Phi) is 8.06. The number of carboxylic acids is 1. The molecule has 0 radical (unpaired) electrons. The lowest BCUT2D eigenvalue weighted by atomic mass is 9.85. The van der Waals surface area contributed by atoms with Crippen LogP contribution in [0.5, 0.6) is 0 Å². The number of nitrogens with one attached hydrogen (secondary N) is 2. The van der Waals surface area contributed by atoms with Crippen molar-refractivity contribution < 1.29 is 24.2 Å². The van der Waals surface area contributed by atoms with Crippen molar-refractivity contribution in [1.29, 1.82) is 0 Å². The molecule has 0 heterocycles. The van der Waals surface area contributed by atoms with Crippen molar-refractivity contribution >= 4 is 18.0 Å². The van der Waals surface area contributed by atoms with Crippen molar-refractivity contribution in [3.63, 3.8) is 0 Å². The van der Waals surface area contributed by atoms with E-state index >= 15 is 0 Å². The predicted molar refractivity (Wildman–Crippen MR) is 133 cm³/mol. The minimum absolute atomic E-state index is 0.0751. The maximum atomic E-state index is 12.8. The maximum Gasteiger partial charge on any atom is 0.407 e. The van der Waals surface area contributed by atoms with E-state index in [1.807, 2.05) is 36.4 Å². The predicted octanol–water partition coefficient (Wildman–Crippen LogP) is 4.84. The van der Waals surface area contributed by atoms with E-state index in [1.54, 1.807) is 6.92 Å². The number of benzene rings is 2. The van der Waals surface area contributed by atoms with E-state index in [-0.39, 0.29) is 12.5 Å². The van der Waals surface area contributed by atoms with Crippen molar-refractivity contribution in [2.45, 2.75) is 69.9 Å². The van der Waals surface area contributed by atoms with Gasteiger partial charge in [0.25, 0.3) is 0 Å². The summed E-state index contributed by atoms with van der Waals surface area (Å²) in [6.07, 6.45) is 5.44. The zero-order valence-corrected chi connectivity index (χ0v) is 20.2. The molecular formula is C28H34N2O5. The minimum Gasteiger partial charge on any atom is -0.480 e. The van der Waals surface area contributed by atoms with Gasteiger partial charge in [0.1, 0.15) is 18.7 Å². The summed E-state index contributed by atoms with van der Waals surface area (Å²) in [5.41, 5.74) is 4.50. The highest BCUT2D eigenvalue weighted by molar-refractivity contribution is 5.89. The summed E-state index contributed by atoms with van der Waals surface area (Å²) in [6.45, 7) is 1.92. The first-order valence-electron chi connectivity index (χ1n) is 12.6. The van der Waals surface area contributed by atoms with Crippen LogP contribution in [0.2, 0.25) is 0 Å². The molecule has 2 aliphatic carbocycles. The molecule has 2 amide bonds. The van der Waals surface area contributed by atoms with Crippen molar-refractivity contribution in [3.8, 4) is 11.1 Å². The zero-order chi connectivity index (χ0) is 24.8. The zero-order valence-electron chi connectivity index (χ0n) is 20.2. The third-order valence-corrected chi connectivity index (χ3v) is 7.27. The summed E-state index contributed by atoms with van der Waals surface area (Å²) >= 11 is 0. The number of ether oxygens (including phenoxy) is 1. The van der Waals surface area contributed by atoms with Crippen LogP contribution < -0.4 is 10.6 Å². The molecule has 3 N–H and O–H groups in total. The van der Waals surface area contributed by atoms with Crippen LogP contribution in [0.4, 0.5) is 4.79 Å². The van der Waals surface area contributed by atoms with Gasteiger partial charge in [-0.2, -0.15) is 0 Å². The van der Waals surface area contributed by atoms with Gasteiger partial charge in [0.2, 0.25) is 5.91 Å². The fourth-order valence-corrected chi connectivity index (χ4v) is 5.39. The van der Waals surface area contributed by atoms with E-state index in [0.29, 0.717) is 18.8 Å². The molecule has 0 saturated heterocycles. The number of aliphatic carboxylic acids is 1. The van der Waals surface area contributed by atoms with Crippen molar-refractivity contribution in [1.82, 2.24) is 10.6 Å². The first-order chi connectivity index (χ1) is 17.0. The maximum absolute atomic E-state index is 12.8. The molecule has 1 saturated carbocycles. The topological polar surface area (TPSA) is 105 Å². The largest absolute Gasteiger partial charge is 0.480 e. The third-order valence-electron chi connectivity index (χ3n) is 7.27. The third kappa shape index (κ3) is 5.84. The highest BCUT2D eigenvalue weighted by atomic mass is 16.5. The Bertz CT molecular complexity index is 1020. The molecule has 35 heavy (non-hydrogen) atoms. The number of carboxylic acid groups (broad SMARTS) is 1. The molecule has 0 aliphatic heterocycles. The highest BCUT2D eigenvalue weighted by Crippen LogP contribution is 2.44. The average molecular weight is 479 g/mol. The van der Waals surface area contributed by atoms with Gasteiger partial charge < -0.3 is 20.5 Å². The van der Waals surface area contributed by atoms with Gasteiger partial charge in [0, 0.05) is 5.92 Å².